The molecule has 0 saturated carbocycles. The number of benzene rings is 3. The minimum Gasteiger partial charge on any atom is -0.481 e. The van der Waals surface area contributed by atoms with Crippen molar-refractivity contribution in [3.8, 4) is 0 Å². The average molecular weight is 511 g/mol. The van der Waals surface area contributed by atoms with Crippen LogP contribution in [-0.2, 0) is 11.0 Å². The van der Waals surface area contributed by atoms with Gasteiger partial charge in [0.25, 0.3) is 5.91 Å². The van der Waals surface area contributed by atoms with Gasteiger partial charge in [-0.25, -0.2) is 0 Å². The van der Waals surface area contributed by atoms with Crippen LogP contribution in [0.25, 0.3) is 0 Å². The van der Waals surface area contributed by atoms with E-state index in [1.165, 1.54) is 30.3 Å². The van der Waals surface area contributed by atoms with Crippen molar-refractivity contribution >= 4 is 23.4 Å². The fourth-order valence-electron chi connectivity index (χ4n) is 3.70. The Hall–Kier alpha value is -4.27. The van der Waals surface area contributed by atoms with E-state index >= 15 is 0 Å². The molecule has 0 radical (unpaired) electrons. The summed E-state index contributed by atoms with van der Waals surface area (Å²) < 4.78 is 39.4. The first-order chi connectivity index (χ1) is 17.5. The number of carboxylic acid groups (broad SMARTS) is 1. The van der Waals surface area contributed by atoms with Crippen molar-refractivity contribution < 1.29 is 37.5 Å². The Morgan fingerprint density at radius 3 is 2.08 bits per heavy atom. The highest BCUT2D eigenvalue weighted by Gasteiger charge is 2.32. The van der Waals surface area contributed by atoms with Crippen LogP contribution in [-0.4, -0.2) is 35.1 Å². The highest BCUT2D eigenvalue weighted by molar-refractivity contribution is 6.06. The number of carbonyl (C=O) groups is 4. The second kappa shape index (κ2) is 11.6. The number of ketones is 2. The highest BCUT2D eigenvalue weighted by Crippen LogP contribution is 2.31. The minimum atomic E-state index is -4.62. The molecule has 0 spiro atoms. The fraction of sp³-hybridized carbons (Fsp3) is 0.214. The van der Waals surface area contributed by atoms with Crippen LogP contribution in [0.5, 0.6) is 0 Å². The second-order valence-corrected chi connectivity index (χ2v) is 8.51. The molecule has 0 fully saturated rings. The molecular weight excluding hydrogens is 487 g/mol. The Kier molecular flexibility index (Phi) is 8.60. The number of rotatable bonds is 10. The minimum absolute atomic E-state index is 0.0596. The molecule has 9 heteroatoms. The molecule has 0 bridgehead atoms. The van der Waals surface area contributed by atoms with Gasteiger partial charge in [0.15, 0.2) is 11.6 Å². The number of hydrogen-bond donors (Lipinski definition) is 2. The summed E-state index contributed by atoms with van der Waals surface area (Å²) in [6.45, 7) is 1.79. The number of aryl methyl sites for hydroxylation is 1. The number of amides is 1. The van der Waals surface area contributed by atoms with Crippen molar-refractivity contribution in [2.45, 2.75) is 31.9 Å². The van der Waals surface area contributed by atoms with Gasteiger partial charge in [-0.2, -0.15) is 13.2 Å². The van der Waals surface area contributed by atoms with Crippen LogP contribution in [0, 0.1) is 6.92 Å². The average Bonchev–Trinajstić information content (AvgIpc) is 2.86. The fourth-order valence-corrected chi connectivity index (χ4v) is 3.70. The number of Topliss-reactive ketones (excluding diaryl/α,β-unsaturated/α-hetero) is 2. The van der Waals surface area contributed by atoms with Gasteiger partial charge in [0.2, 0.25) is 0 Å². The molecule has 3 aromatic rings. The van der Waals surface area contributed by atoms with Crippen LogP contribution in [0.1, 0.15) is 66.5 Å². The summed E-state index contributed by atoms with van der Waals surface area (Å²) in [4.78, 5) is 49.3. The number of carbonyl (C=O) groups excluding carboxylic acids is 3. The third-order valence-electron chi connectivity index (χ3n) is 5.75. The zero-order valence-corrected chi connectivity index (χ0v) is 19.8. The predicted molar refractivity (Wildman–Crippen MR) is 130 cm³/mol. The van der Waals surface area contributed by atoms with Gasteiger partial charge in [0, 0.05) is 29.7 Å². The van der Waals surface area contributed by atoms with Gasteiger partial charge in [-0.1, -0.05) is 54.1 Å². The Balaban J connectivity index is 1.89. The van der Waals surface area contributed by atoms with Crippen LogP contribution in [0.2, 0.25) is 0 Å². The van der Waals surface area contributed by atoms with Gasteiger partial charge in [-0.3, -0.25) is 19.2 Å². The van der Waals surface area contributed by atoms with Gasteiger partial charge < -0.3 is 10.4 Å². The van der Waals surface area contributed by atoms with Gasteiger partial charge in [-0.15, -0.1) is 0 Å². The van der Waals surface area contributed by atoms with Crippen LogP contribution in [0.4, 0.5) is 13.2 Å². The molecule has 0 aliphatic carbocycles. The number of carboxylic acids is 1. The highest BCUT2D eigenvalue weighted by atomic mass is 19.4. The maximum absolute atomic E-state index is 13.4. The van der Waals surface area contributed by atoms with E-state index in [-0.39, 0.29) is 36.3 Å². The van der Waals surface area contributed by atoms with Gasteiger partial charge in [0.1, 0.15) is 0 Å². The van der Waals surface area contributed by atoms with E-state index in [9.17, 15) is 32.3 Å². The summed E-state index contributed by atoms with van der Waals surface area (Å²) >= 11 is 0. The summed E-state index contributed by atoms with van der Waals surface area (Å²) in [6.07, 6.45) is -5.24. The summed E-state index contributed by atoms with van der Waals surface area (Å²) in [7, 11) is 0. The lowest BCUT2D eigenvalue weighted by molar-refractivity contribution is -0.138. The molecule has 3 aromatic carbocycles. The van der Waals surface area contributed by atoms with Crippen LogP contribution in [0.3, 0.4) is 0 Å². The van der Waals surface area contributed by atoms with E-state index in [1.807, 2.05) is 6.92 Å². The SMILES string of the molecule is Cc1ccc(C(=O)C(CC(=O)c2cccc(C(F)(F)F)c2)c2ccc(C(=O)NCCC(=O)O)cc2)cc1. The zero-order valence-electron chi connectivity index (χ0n) is 19.8. The van der Waals surface area contributed by atoms with E-state index in [2.05, 4.69) is 5.32 Å². The van der Waals surface area contributed by atoms with Gasteiger partial charge in [0.05, 0.1) is 17.9 Å². The van der Waals surface area contributed by atoms with E-state index in [1.54, 1.807) is 24.3 Å². The van der Waals surface area contributed by atoms with E-state index in [0.29, 0.717) is 11.1 Å². The molecule has 1 unspecified atom stereocenters. The van der Waals surface area contributed by atoms with Gasteiger partial charge in [-0.05, 0) is 36.8 Å². The Bertz CT molecular complexity index is 1300. The molecule has 2 N–H and O–H groups in total. The third-order valence-corrected chi connectivity index (χ3v) is 5.75. The van der Waals surface area contributed by atoms with Crippen molar-refractivity contribution in [2.75, 3.05) is 6.54 Å². The maximum Gasteiger partial charge on any atom is 0.416 e. The molecule has 0 aliphatic rings. The third kappa shape index (κ3) is 7.36. The van der Waals surface area contributed by atoms with E-state index < -0.39 is 35.3 Å². The van der Waals surface area contributed by atoms with Crippen molar-refractivity contribution in [3.63, 3.8) is 0 Å². The van der Waals surface area contributed by atoms with Crippen LogP contribution >= 0.6 is 0 Å². The lowest BCUT2D eigenvalue weighted by Gasteiger charge is -2.17. The Morgan fingerprint density at radius 1 is 0.865 bits per heavy atom. The first kappa shape index (κ1) is 27.3. The Labute approximate surface area is 211 Å². The first-order valence-electron chi connectivity index (χ1n) is 11.4. The van der Waals surface area contributed by atoms with Crippen molar-refractivity contribution in [2.24, 2.45) is 0 Å². The summed E-state index contributed by atoms with van der Waals surface area (Å²) in [5.41, 5.74) is 0.770. The lowest BCUT2D eigenvalue weighted by Crippen LogP contribution is -2.26. The van der Waals surface area contributed by atoms with E-state index in [4.69, 9.17) is 5.11 Å². The summed E-state index contributed by atoms with van der Waals surface area (Å²) in [5.74, 6) is -3.59. The van der Waals surface area contributed by atoms with Gasteiger partial charge >= 0.3 is 12.1 Å². The molecule has 1 amide bonds. The lowest BCUT2D eigenvalue weighted by atomic mass is 9.84. The van der Waals surface area contributed by atoms with Crippen molar-refractivity contribution in [3.05, 3.63) is 106 Å². The molecule has 0 aromatic heterocycles. The van der Waals surface area contributed by atoms with Crippen molar-refractivity contribution in [1.82, 2.24) is 5.32 Å². The summed E-state index contributed by atoms with van der Waals surface area (Å²) in [5, 5.41) is 11.2. The molecule has 6 nitrogen and oxygen atoms in total. The smallest absolute Gasteiger partial charge is 0.416 e. The molecule has 0 saturated heterocycles. The normalized spacial score (nSPS) is 12.0. The van der Waals surface area contributed by atoms with Crippen LogP contribution in [0.15, 0.2) is 72.8 Å². The quantitative estimate of drug-likeness (QED) is 0.352. The molecule has 0 heterocycles. The molecule has 3 rings (SSSR count). The van der Waals surface area contributed by atoms with E-state index in [0.717, 1.165) is 23.8 Å². The number of hydrogen-bond acceptors (Lipinski definition) is 4. The second-order valence-electron chi connectivity index (χ2n) is 8.51. The van der Waals surface area contributed by atoms with Crippen molar-refractivity contribution in [1.29, 1.82) is 0 Å². The number of alkyl halides is 3. The largest absolute Gasteiger partial charge is 0.481 e. The molecule has 37 heavy (non-hydrogen) atoms. The number of aliphatic carboxylic acids is 1. The molecular formula is C28H24F3NO5. The van der Waals surface area contributed by atoms with Crippen LogP contribution < -0.4 is 5.32 Å². The maximum atomic E-state index is 13.4. The molecule has 1 atom stereocenters. The monoisotopic (exact) mass is 511 g/mol. The molecule has 0 aliphatic heterocycles. The first-order valence-corrected chi connectivity index (χ1v) is 11.4. The summed E-state index contributed by atoms with van der Waals surface area (Å²) in [6, 6.07) is 16.6. The predicted octanol–water partition coefficient (Wildman–Crippen LogP) is 5.46. The molecule has 192 valence electrons. The zero-order chi connectivity index (χ0) is 27.2. The topological polar surface area (TPSA) is 101 Å². The standard InChI is InChI=1S/C28H24F3NO5/c1-17-5-7-19(8-6-17)26(36)23(16-24(33)21-3-2-4-22(15-21)28(29,30)31)18-9-11-20(12-10-18)27(37)32-14-13-25(34)35/h2-12,15,23H,13-14,16H2,1H3,(H,32,37)(H,34,35). The Morgan fingerprint density at radius 2 is 1.49 bits per heavy atom. The number of nitrogens with one attached hydrogen (secondary N) is 1. The number of halogens is 3.